The summed E-state index contributed by atoms with van der Waals surface area (Å²) in [7, 11) is 1.86. The molecule has 0 aromatic heterocycles. The lowest BCUT2D eigenvalue weighted by molar-refractivity contribution is -0.120. The Balaban J connectivity index is 1.62. The van der Waals surface area contributed by atoms with Crippen molar-refractivity contribution >= 4 is 11.9 Å². The van der Waals surface area contributed by atoms with Crippen molar-refractivity contribution in [1.29, 1.82) is 0 Å². The molecule has 0 bridgehead atoms. The summed E-state index contributed by atoms with van der Waals surface area (Å²) in [6.45, 7) is 1.43. The number of hydrogen-bond donors (Lipinski definition) is 2. The first-order chi connectivity index (χ1) is 11.6. The summed E-state index contributed by atoms with van der Waals surface area (Å²) >= 11 is 0. The lowest BCUT2D eigenvalue weighted by atomic mass is 9.97. The van der Waals surface area contributed by atoms with Gasteiger partial charge in [0.15, 0.2) is 0 Å². The second-order valence-corrected chi connectivity index (χ2v) is 6.32. The van der Waals surface area contributed by atoms with Crippen LogP contribution in [0.4, 0.5) is 4.79 Å². The molecule has 3 amide bonds. The van der Waals surface area contributed by atoms with Crippen LogP contribution in [0.3, 0.4) is 0 Å². The van der Waals surface area contributed by atoms with Gasteiger partial charge in [-0.1, -0.05) is 42.0 Å². The van der Waals surface area contributed by atoms with Gasteiger partial charge >= 0.3 is 6.03 Å². The van der Waals surface area contributed by atoms with E-state index in [4.69, 9.17) is 0 Å². The van der Waals surface area contributed by atoms with Gasteiger partial charge in [0.05, 0.1) is 6.54 Å². The van der Waals surface area contributed by atoms with Crippen LogP contribution in [0.2, 0.25) is 0 Å². The predicted octanol–water partition coefficient (Wildman–Crippen LogP) is 2.83. The Morgan fingerprint density at radius 2 is 1.96 bits per heavy atom. The fraction of sp³-hybridized carbons (Fsp3) is 0.474. The topological polar surface area (TPSA) is 61.4 Å². The summed E-state index contributed by atoms with van der Waals surface area (Å²) in [6.07, 6.45) is 7.93. The quantitative estimate of drug-likeness (QED) is 0.756. The maximum atomic E-state index is 11.9. The highest BCUT2D eigenvalue weighted by Gasteiger charge is 2.11. The van der Waals surface area contributed by atoms with Crippen molar-refractivity contribution in [2.75, 3.05) is 20.1 Å². The zero-order chi connectivity index (χ0) is 17.2. The number of hydrogen-bond acceptors (Lipinski definition) is 3. The van der Waals surface area contributed by atoms with E-state index in [2.05, 4.69) is 16.7 Å². The Labute approximate surface area is 144 Å². The largest absolute Gasteiger partial charge is 0.337 e. The molecule has 0 unspecified atom stereocenters. The van der Waals surface area contributed by atoms with Crippen molar-refractivity contribution in [3.8, 4) is 0 Å². The molecular formula is C19H27N3O2. The fourth-order valence-electron chi connectivity index (χ4n) is 2.87. The van der Waals surface area contributed by atoms with Crippen molar-refractivity contribution in [3.63, 3.8) is 0 Å². The third-order valence-electron chi connectivity index (χ3n) is 4.08. The van der Waals surface area contributed by atoms with Crippen LogP contribution in [0.5, 0.6) is 0 Å². The molecule has 0 saturated carbocycles. The molecule has 24 heavy (non-hydrogen) atoms. The number of amides is 3. The van der Waals surface area contributed by atoms with Crippen molar-refractivity contribution in [3.05, 3.63) is 47.5 Å². The number of carbonyl (C=O) groups excluding carboxylic acids is 2. The molecule has 1 aromatic carbocycles. The molecule has 1 aliphatic carbocycles. The van der Waals surface area contributed by atoms with Gasteiger partial charge in [0.1, 0.15) is 0 Å². The van der Waals surface area contributed by atoms with Crippen LogP contribution >= 0.6 is 0 Å². The summed E-state index contributed by atoms with van der Waals surface area (Å²) in [4.78, 5) is 25.5. The van der Waals surface area contributed by atoms with Gasteiger partial charge in [-0.05, 0) is 44.7 Å². The SMILES string of the molecule is CN(CC(=O)NC(=O)NCCC1=CCCCC1)Cc1ccccc1. The summed E-state index contributed by atoms with van der Waals surface area (Å²) in [6, 6.07) is 9.52. The Morgan fingerprint density at radius 1 is 1.17 bits per heavy atom. The van der Waals surface area contributed by atoms with Crippen LogP contribution in [0.1, 0.15) is 37.7 Å². The molecule has 2 rings (SSSR count). The first-order valence-corrected chi connectivity index (χ1v) is 8.61. The summed E-state index contributed by atoms with van der Waals surface area (Å²) in [5.41, 5.74) is 2.55. The highest BCUT2D eigenvalue weighted by molar-refractivity contribution is 5.95. The molecule has 5 nitrogen and oxygen atoms in total. The van der Waals surface area contributed by atoms with E-state index in [1.54, 1.807) is 0 Å². The molecule has 5 heteroatoms. The smallest absolute Gasteiger partial charge is 0.321 e. The van der Waals surface area contributed by atoms with Crippen LogP contribution in [-0.4, -0.2) is 37.0 Å². The molecule has 1 aliphatic rings. The summed E-state index contributed by atoms with van der Waals surface area (Å²) in [5, 5.41) is 5.14. The Bertz CT molecular complexity index is 569. The van der Waals surface area contributed by atoms with Gasteiger partial charge in [-0.2, -0.15) is 0 Å². The van der Waals surface area contributed by atoms with Gasteiger partial charge in [-0.15, -0.1) is 0 Å². The monoisotopic (exact) mass is 329 g/mol. The average molecular weight is 329 g/mol. The van der Waals surface area contributed by atoms with Crippen LogP contribution in [0.15, 0.2) is 42.0 Å². The number of imide groups is 1. The normalized spacial score (nSPS) is 14.2. The second kappa shape index (κ2) is 9.88. The van der Waals surface area contributed by atoms with Gasteiger partial charge < -0.3 is 5.32 Å². The first kappa shape index (κ1) is 18.2. The van der Waals surface area contributed by atoms with E-state index in [0.29, 0.717) is 13.1 Å². The van der Waals surface area contributed by atoms with Crippen LogP contribution in [0.25, 0.3) is 0 Å². The van der Waals surface area contributed by atoms with Crippen LogP contribution in [-0.2, 0) is 11.3 Å². The van der Waals surface area contributed by atoms with Gasteiger partial charge in [0, 0.05) is 13.1 Å². The molecule has 0 heterocycles. The minimum absolute atomic E-state index is 0.188. The summed E-state index contributed by atoms with van der Waals surface area (Å²) in [5.74, 6) is -0.289. The number of nitrogens with one attached hydrogen (secondary N) is 2. The van der Waals surface area contributed by atoms with E-state index < -0.39 is 6.03 Å². The van der Waals surface area contributed by atoms with Crippen LogP contribution in [0, 0.1) is 0 Å². The Hall–Kier alpha value is -2.14. The highest BCUT2D eigenvalue weighted by Crippen LogP contribution is 2.19. The van der Waals surface area contributed by atoms with Crippen molar-refractivity contribution in [1.82, 2.24) is 15.5 Å². The van der Waals surface area contributed by atoms with E-state index >= 15 is 0 Å². The minimum atomic E-state index is -0.412. The standard InChI is InChI=1S/C19H27N3O2/c1-22(14-17-10-6-3-7-11-17)15-18(23)21-19(24)20-13-12-16-8-4-2-5-9-16/h3,6-8,10-11H,2,4-5,9,12-15H2,1H3,(H2,20,21,23,24). The van der Waals surface area contributed by atoms with Gasteiger partial charge in [0.25, 0.3) is 0 Å². The molecule has 0 spiro atoms. The number of nitrogens with zero attached hydrogens (tertiary/aromatic N) is 1. The number of rotatable bonds is 7. The predicted molar refractivity (Wildman–Crippen MR) is 95.5 cm³/mol. The second-order valence-electron chi connectivity index (χ2n) is 6.32. The lowest BCUT2D eigenvalue weighted by Gasteiger charge is -2.16. The Morgan fingerprint density at radius 3 is 2.67 bits per heavy atom. The molecule has 0 fully saturated rings. The average Bonchev–Trinajstić information content (AvgIpc) is 2.56. The van der Waals surface area contributed by atoms with E-state index in [0.717, 1.165) is 24.8 Å². The van der Waals surface area contributed by atoms with Crippen molar-refractivity contribution < 1.29 is 9.59 Å². The molecule has 130 valence electrons. The van der Waals surface area contributed by atoms with Gasteiger partial charge in [0.2, 0.25) is 5.91 Å². The highest BCUT2D eigenvalue weighted by atomic mass is 16.2. The van der Waals surface area contributed by atoms with E-state index in [9.17, 15) is 9.59 Å². The van der Waals surface area contributed by atoms with E-state index in [1.807, 2.05) is 42.3 Å². The van der Waals surface area contributed by atoms with E-state index in [-0.39, 0.29) is 12.5 Å². The number of allylic oxidation sites excluding steroid dienone is 1. The number of likely N-dealkylation sites (N-methyl/N-ethyl adjacent to an activating group) is 1. The molecular weight excluding hydrogens is 302 g/mol. The molecule has 1 aromatic rings. The third kappa shape index (κ3) is 6.96. The lowest BCUT2D eigenvalue weighted by Crippen LogP contribution is -2.43. The van der Waals surface area contributed by atoms with Crippen molar-refractivity contribution in [2.45, 2.75) is 38.6 Å². The zero-order valence-corrected chi connectivity index (χ0v) is 14.4. The van der Waals surface area contributed by atoms with Gasteiger partial charge in [-0.25, -0.2) is 4.79 Å². The Kier molecular flexibility index (Phi) is 7.49. The van der Waals surface area contributed by atoms with Crippen molar-refractivity contribution in [2.24, 2.45) is 0 Å². The minimum Gasteiger partial charge on any atom is -0.337 e. The summed E-state index contributed by atoms with van der Waals surface area (Å²) < 4.78 is 0. The molecule has 0 atom stereocenters. The van der Waals surface area contributed by atoms with E-state index in [1.165, 1.54) is 18.4 Å². The number of benzene rings is 1. The van der Waals surface area contributed by atoms with Gasteiger partial charge in [-0.3, -0.25) is 15.0 Å². The number of urea groups is 1. The molecule has 0 aliphatic heterocycles. The number of carbonyl (C=O) groups is 2. The maximum absolute atomic E-state index is 11.9. The zero-order valence-electron chi connectivity index (χ0n) is 14.4. The third-order valence-corrected chi connectivity index (χ3v) is 4.08. The first-order valence-electron chi connectivity index (χ1n) is 8.61. The molecule has 0 radical (unpaired) electrons. The maximum Gasteiger partial charge on any atom is 0.321 e. The molecule has 0 saturated heterocycles. The fourth-order valence-corrected chi connectivity index (χ4v) is 2.87. The molecule has 2 N–H and O–H groups in total. The van der Waals surface area contributed by atoms with Crippen LogP contribution < -0.4 is 10.6 Å².